The van der Waals surface area contributed by atoms with E-state index in [0.717, 1.165) is 67.2 Å². The third kappa shape index (κ3) is 4.61. The number of aliphatic carboxylic acids is 1. The van der Waals surface area contributed by atoms with Gasteiger partial charge in [-0.2, -0.15) is 4.39 Å². The van der Waals surface area contributed by atoms with Crippen LogP contribution in [0.25, 0.3) is 11.1 Å². The lowest BCUT2D eigenvalue weighted by molar-refractivity contribution is -0.150. The Bertz CT molecular complexity index is 1260. The minimum Gasteiger partial charge on any atom is -0.493 e. The number of hydrogen-bond acceptors (Lipinski definition) is 7. The van der Waals surface area contributed by atoms with Crippen LogP contribution in [0, 0.1) is 11.4 Å². The molecular weight excluding hydrogens is 487 g/mol. The zero-order valence-electron chi connectivity index (χ0n) is 22.1. The molecule has 0 amide bonds. The number of carbonyl (C=O) groups is 1. The number of halogens is 1. The van der Waals surface area contributed by atoms with E-state index in [4.69, 9.17) is 9.57 Å². The monoisotopic (exact) mass is 522 g/mol. The lowest BCUT2D eigenvalue weighted by atomic mass is 9.80. The molecule has 2 saturated heterocycles. The summed E-state index contributed by atoms with van der Waals surface area (Å²) in [6, 6.07) is 7.82. The highest BCUT2D eigenvalue weighted by Gasteiger charge is 2.51. The molecule has 9 heteroatoms. The van der Waals surface area contributed by atoms with Crippen molar-refractivity contribution in [2.24, 2.45) is 10.6 Å². The maximum atomic E-state index is 14.7. The average molecular weight is 523 g/mol. The Morgan fingerprint density at radius 3 is 2.68 bits per heavy atom. The zero-order valence-corrected chi connectivity index (χ0v) is 22.1. The van der Waals surface area contributed by atoms with E-state index < -0.39 is 17.3 Å². The minimum atomic E-state index is -0.719. The fraction of sp³-hybridized carbons (Fsp3) is 0.552. The van der Waals surface area contributed by atoms with E-state index in [-0.39, 0.29) is 5.60 Å². The highest BCUT2D eigenvalue weighted by atomic mass is 19.1. The zero-order chi connectivity index (χ0) is 26.5. The topological polar surface area (TPSA) is 87.5 Å². The van der Waals surface area contributed by atoms with Gasteiger partial charge in [0.05, 0.1) is 18.4 Å². The fourth-order valence-corrected chi connectivity index (χ4v) is 6.09. The summed E-state index contributed by atoms with van der Waals surface area (Å²) in [5.74, 6) is 0.894. The third-order valence-electron chi connectivity index (χ3n) is 8.54. The van der Waals surface area contributed by atoms with E-state index in [1.807, 2.05) is 19.9 Å². The number of rotatable bonds is 7. The molecule has 1 aromatic heterocycles. The highest BCUT2D eigenvalue weighted by Crippen LogP contribution is 2.49. The van der Waals surface area contributed by atoms with Crippen molar-refractivity contribution in [3.63, 3.8) is 0 Å². The summed E-state index contributed by atoms with van der Waals surface area (Å²) >= 11 is 0. The molecule has 1 spiro atoms. The van der Waals surface area contributed by atoms with Crippen LogP contribution in [0.4, 0.5) is 4.39 Å². The number of oxime groups is 1. The van der Waals surface area contributed by atoms with Gasteiger partial charge in [0.15, 0.2) is 5.60 Å². The Labute approximate surface area is 222 Å². The predicted molar refractivity (Wildman–Crippen MR) is 140 cm³/mol. The number of hydrogen-bond donors (Lipinski definition) is 1. The normalized spacial score (nSPS) is 22.1. The van der Waals surface area contributed by atoms with Crippen molar-refractivity contribution in [2.45, 2.75) is 64.0 Å². The van der Waals surface area contributed by atoms with E-state index in [1.54, 1.807) is 12.1 Å². The number of likely N-dealkylation sites (tertiary alicyclic amines) is 2. The van der Waals surface area contributed by atoms with Crippen molar-refractivity contribution in [3.05, 3.63) is 47.5 Å². The van der Waals surface area contributed by atoms with Gasteiger partial charge in [0.2, 0.25) is 5.95 Å². The van der Waals surface area contributed by atoms with Gasteiger partial charge in [-0.1, -0.05) is 11.2 Å². The molecule has 0 atom stereocenters. The Hall–Kier alpha value is -3.20. The number of benzene rings is 1. The largest absolute Gasteiger partial charge is 0.493 e. The van der Waals surface area contributed by atoms with Gasteiger partial charge in [-0.3, -0.25) is 9.69 Å². The summed E-state index contributed by atoms with van der Waals surface area (Å²) in [5, 5.41) is 13.9. The van der Waals surface area contributed by atoms with Gasteiger partial charge in [0, 0.05) is 50.0 Å². The molecule has 202 valence electrons. The van der Waals surface area contributed by atoms with Crippen LogP contribution in [-0.4, -0.2) is 70.1 Å². The summed E-state index contributed by atoms with van der Waals surface area (Å²) < 4.78 is 20.8. The summed E-state index contributed by atoms with van der Waals surface area (Å²) in [6.45, 7) is 7.99. The molecule has 6 rings (SSSR count). The second kappa shape index (κ2) is 9.52. The van der Waals surface area contributed by atoms with E-state index in [9.17, 15) is 14.3 Å². The molecule has 1 N–H and O–H groups in total. The summed E-state index contributed by atoms with van der Waals surface area (Å²) in [6.07, 6.45) is 5.67. The fourth-order valence-electron chi connectivity index (χ4n) is 6.09. The van der Waals surface area contributed by atoms with Crippen LogP contribution in [0.5, 0.6) is 5.75 Å². The van der Waals surface area contributed by atoms with Gasteiger partial charge < -0.3 is 19.6 Å². The molecule has 3 fully saturated rings. The Balaban J connectivity index is 1.13. The van der Waals surface area contributed by atoms with Crippen molar-refractivity contribution in [1.29, 1.82) is 0 Å². The average Bonchev–Trinajstić information content (AvgIpc) is 3.63. The number of nitrogens with zero attached hydrogens (tertiary/aromatic N) is 4. The van der Waals surface area contributed by atoms with Crippen molar-refractivity contribution < 1.29 is 23.9 Å². The van der Waals surface area contributed by atoms with Gasteiger partial charge in [0.1, 0.15) is 11.6 Å². The maximum absolute atomic E-state index is 14.7. The van der Waals surface area contributed by atoms with Gasteiger partial charge in [0.25, 0.3) is 0 Å². The standard InChI is InChI=1S/C29H35FN4O4/c1-3-37-23-14-19(13-22(20-6-7-20)25(23)21-5-4-10-31-26(21)30)16-33-17-29(18-33)15-24(32-38-29)34-11-8-28(2,9-12-34)27(35)36/h4-5,10,13-14,20H,3,6-9,11-12,15-18H2,1-2H3,(H,35,36). The van der Waals surface area contributed by atoms with Crippen LogP contribution in [0.15, 0.2) is 35.6 Å². The van der Waals surface area contributed by atoms with Crippen molar-refractivity contribution in [3.8, 4) is 16.9 Å². The molecule has 0 radical (unpaired) electrons. The quantitative estimate of drug-likeness (QED) is 0.530. The lowest BCUT2D eigenvalue weighted by Crippen LogP contribution is -2.61. The summed E-state index contributed by atoms with van der Waals surface area (Å²) in [4.78, 5) is 25.9. The number of ether oxygens (including phenoxy) is 1. The molecule has 2 aromatic rings. The van der Waals surface area contributed by atoms with Crippen LogP contribution in [0.1, 0.15) is 63.0 Å². The number of piperidine rings is 1. The second-order valence-corrected chi connectivity index (χ2v) is 11.6. The third-order valence-corrected chi connectivity index (χ3v) is 8.54. The van der Waals surface area contributed by atoms with Gasteiger partial charge in [-0.25, -0.2) is 4.98 Å². The van der Waals surface area contributed by atoms with Gasteiger partial charge in [-0.05, 0) is 74.8 Å². The lowest BCUT2D eigenvalue weighted by Gasteiger charge is -2.45. The molecular formula is C29H35FN4O4. The first-order valence-electron chi connectivity index (χ1n) is 13.7. The second-order valence-electron chi connectivity index (χ2n) is 11.6. The molecule has 4 aliphatic rings. The van der Waals surface area contributed by atoms with Crippen LogP contribution in [-0.2, 0) is 16.2 Å². The predicted octanol–water partition coefficient (Wildman–Crippen LogP) is 4.64. The number of carboxylic acids is 1. The summed E-state index contributed by atoms with van der Waals surface area (Å²) in [5.41, 5.74) is 2.68. The number of pyridine rings is 1. The Morgan fingerprint density at radius 1 is 1.26 bits per heavy atom. The molecule has 1 saturated carbocycles. The van der Waals surface area contributed by atoms with Crippen LogP contribution in [0.2, 0.25) is 0 Å². The van der Waals surface area contributed by atoms with Crippen LogP contribution in [0.3, 0.4) is 0 Å². The summed E-state index contributed by atoms with van der Waals surface area (Å²) in [7, 11) is 0. The molecule has 0 unspecified atom stereocenters. The first-order chi connectivity index (χ1) is 18.3. The first kappa shape index (κ1) is 25.1. The van der Waals surface area contributed by atoms with Crippen LogP contribution < -0.4 is 4.74 Å². The van der Waals surface area contributed by atoms with Crippen molar-refractivity contribution >= 4 is 11.8 Å². The van der Waals surface area contributed by atoms with Gasteiger partial charge in [-0.15, -0.1) is 0 Å². The molecule has 3 aliphatic heterocycles. The number of carboxylic acid groups (broad SMARTS) is 1. The molecule has 8 nitrogen and oxygen atoms in total. The van der Waals surface area contributed by atoms with E-state index in [2.05, 4.69) is 26.0 Å². The smallest absolute Gasteiger partial charge is 0.309 e. The van der Waals surface area contributed by atoms with Crippen molar-refractivity contribution in [1.82, 2.24) is 14.8 Å². The maximum Gasteiger partial charge on any atom is 0.309 e. The SMILES string of the molecule is CCOc1cc(CN2CC3(CC(N4CCC(C)(C(=O)O)CC4)=NO3)C2)cc(C2CC2)c1-c1cccnc1F. The molecule has 4 heterocycles. The van der Waals surface area contributed by atoms with E-state index in [1.165, 1.54) is 6.20 Å². The number of amidine groups is 1. The van der Waals surface area contributed by atoms with E-state index >= 15 is 0 Å². The van der Waals surface area contributed by atoms with Crippen LogP contribution >= 0.6 is 0 Å². The van der Waals surface area contributed by atoms with E-state index in [0.29, 0.717) is 44.0 Å². The highest BCUT2D eigenvalue weighted by molar-refractivity contribution is 5.85. The van der Waals surface area contributed by atoms with Crippen molar-refractivity contribution in [2.75, 3.05) is 32.8 Å². The number of aromatic nitrogens is 1. The molecule has 1 aromatic carbocycles. The first-order valence-corrected chi connectivity index (χ1v) is 13.7. The minimum absolute atomic E-state index is 0.302. The molecule has 38 heavy (non-hydrogen) atoms. The van der Waals surface area contributed by atoms with Gasteiger partial charge >= 0.3 is 5.97 Å². The Kier molecular flexibility index (Phi) is 6.29. The Morgan fingerprint density at radius 2 is 2.03 bits per heavy atom. The molecule has 0 bridgehead atoms. The molecule has 1 aliphatic carbocycles.